The van der Waals surface area contributed by atoms with Crippen molar-refractivity contribution in [2.45, 2.75) is 40.2 Å². The Morgan fingerprint density at radius 2 is 1.88 bits per heavy atom. The Kier molecular flexibility index (Phi) is 5.30. The van der Waals surface area contributed by atoms with Gasteiger partial charge in [0.25, 0.3) is 0 Å². The Balaban J connectivity index is 2.64. The van der Waals surface area contributed by atoms with Crippen LogP contribution in [0.5, 0.6) is 0 Å². The van der Waals surface area contributed by atoms with Gasteiger partial charge in [-0.3, -0.25) is 0 Å². The highest BCUT2D eigenvalue weighted by atomic mass is 35.5. The molecule has 0 heterocycles. The fraction of sp³-hybridized carbons (Fsp3) is 0.571. The fourth-order valence-corrected chi connectivity index (χ4v) is 1.76. The van der Waals surface area contributed by atoms with Crippen molar-refractivity contribution in [3.63, 3.8) is 0 Å². The van der Waals surface area contributed by atoms with Gasteiger partial charge in [0.2, 0.25) is 0 Å². The molecule has 0 amide bonds. The van der Waals surface area contributed by atoms with E-state index in [0.717, 1.165) is 13.0 Å². The van der Waals surface area contributed by atoms with Crippen LogP contribution >= 0.6 is 23.2 Å². The molecule has 1 N–H and O–H groups in total. The number of hydrogen-bond acceptors (Lipinski definition) is 1. The Morgan fingerprint density at radius 1 is 1.24 bits per heavy atom. The highest BCUT2D eigenvalue weighted by molar-refractivity contribution is 6.42. The predicted octanol–water partition coefficient (Wildman–Crippen LogP) is 5.08. The average molecular weight is 274 g/mol. The van der Waals surface area contributed by atoms with E-state index in [0.29, 0.717) is 15.5 Å². The molecule has 1 rings (SSSR count). The van der Waals surface area contributed by atoms with Crippen LogP contribution < -0.4 is 5.32 Å². The van der Waals surface area contributed by atoms with Crippen LogP contribution in [0.25, 0.3) is 0 Å². The second-order valence-corrected chi connectivity index (χ2v) is 6.11. The normalized spacial score (nSPS) is 13.8. The van der Waals surface area contributed by atoms with Crippen molar-refractivity contribution in [1.82, 2.24) is 5.32 Å². The SMILES string of the molecule is CCC(C)(C)CNC(C)c1ccc(Cl)c(Cl)c1. The number of rotatable bonds is 5. The smallest absolute Gasteiger partial charge is 0.0595 e. The lowest BCUT2D eigenvalue weighted by Crippen LogP contribution is -2.30. The lowest BCUT2D eigenvalue weighted by Gasteiger charge is -2.26. The van der Waals surface area contributed by atoms with Crippen molar-refractivity contribution in [1.29, 1.82) is 0 Å². The van der Waals surface area contributed by atoms with Gasteiger partial charge < -0.3 is 5.32 Å². The van der Waals surface area contributed by atoms with E-state index in [1.807, 2.05) is 18.2 Å². The number of halogens is 2. The van der Waals surface area contributed by atoms with E-state index in [1.54, 1.807) is 0 Å². The summed E-state index contributed by atoms with van der Waals surface area (Å²) in [5.41, 5.74) is 1.50. The lowest BCUT2D eigenvalue weighted by atomic mass is 9.90. The fourth-order valence-electron chi connectivity index (χ4n) is 1.45. The van der Waals surface area contributed by atoms with Crippen LogP contribution in [0.2, 0.25) is 10.0 Å². The molecule has 0 radical (unpaired) electrons. The van der Waals surface area contributed by atoms with Gasteiger partial charge in [0, 0.05) is 12.6 Å². The quantitative estimate of drug-likeness (QED) is 0.789. The maximum Gasteiger partial charge on any atom is 0.0595 e. The van der Waals surface area contributed by atoms with Crippen molar-refractivity contribution >= 4 is 23.2 Å². The van der Waals surface area contributed by atoms with Gasteiger partial charge in [0.15, 0.2) is 0 Å². The van der Waals surface area contributed by atoms with Crippen molar-refractivity contribution in [3.05, 3.63) is 33.8 Å². The minimum absolute atomic E-state index is 0.288. The van der Waals surface area contributed by atoms with E-state index in [9.17, 15) is 0 Å². The summed E-state index contributed by atoms with van der Waals surface area (Å²) in [6, 6.07) is 6.09. The molecule has 0 aliphatic rings. The summed E-state index contributed by atoms with van der Waals surface area (Å²) >= 11 is 11.9. The minimum atomic E-state index is 0.288. The van der Waals surface area contributed by atoms with Gasteiger partial charge in [-0.1, -0.05) is 50.0 Å². The van der Waals surface area contributed by atoms with Crippen LogP contribution in [0, 0.1) is 5.41 Å². The van der Waals surface area contributed by atoms with Crippen LogP contribution in [-0.2, 0) is 0 Å². The molecule has 1 aromatic rings. The molecule has 1 atom stereocenters. The zero-order valence-corrected chi connectivity index (χ0v) is 12.5. The molecule has 3 heteroatoms. The summed E-state index contributed by atoms with van der Waals surface area (Å²) in [6.45, 7) is 9.88. The molecule has 1 aromatic carbocycles. The van der Waals surface area contributed by atoms with Gasteiger partial charge in [0.05, 0.1) is 10.0 Å². The van der Waals surface area contributed by atoms with Gasteiger partial charge in [-0.15, -0.1) is 0 Å². The second-order valence-electron chi connectivity index (χ2n) is 5.29. The van der Waals surface area contributed by atoms with E-state index in [-0.39, 0.29) is 6.04 Å². The van der Waals surface area contributed by atoms with E-state index in [2.05, 4.69) is 33.0 Å². The van der Waals surface area contributed by atoms with E-state index < -0.39 is 0 Å². The van der Waals surface area contributed by atoms with Crippen LogP contribution in [-0.4, -0.2) is 6.54 Å². The molecule has 17 heavy (non-hydrogen) atoms. The topological polar surface area (TPSA) is 12.0 Å². The van der Waals surface area contributed by atoms with Crippen molar-refractivity contribution in [2.24, 2.45) is 5.41 Å². The molecule has 0 bridgehead atoms. The zero-order valence-electron chi connectivity index (χ0n) is 11.0. The molecule has 0 aliphatic carbocycles. The first-order chi connectivity index (χ1) is 7.85. The standard InChI is InChI=1S/C14H21Cl2N/c1-5-14(3,4)9-17-10(2)11-6-7-12(15)13(16)8-11/h6-8,10,17H,5,9H2,1-4H3. The molecule has 0 saturated heterocycles. The summed E-state index contributed by atoms with van der Waals surface area (Å²) in [4.78, 5) is 0. The zero-order chi connectivity index (χ0) is 13.1. The molecular weight excluding hydrogens is 253 g/mol. The first-order valence-corrected chi connectivity index (χ1v) is 6.79. The molecule has 1 nitrogen and oxygen atoms in total. The summed E-state index contributed by atoms with van der Waals surface area (Å²) in [5, 5.41) is 4.76. The molecule has 0 saturated carbocycles. The van der Waals surface area contributed by atoms with Gasteiger partial charge in [-0.2, -0.15) is 0 Å². The van der Waals surface area contributed by atoms with Crippen LogP contribution in [0.3, 0.4) is 0 Å². The van der Waals surface area contributed by atoms with Crippen molar-refractivity contribution in [2.75, 3.05) is 6.54 Å². The first kappa shape index (κ1) is 14.8. The molecule has 0 aliphatic heterocycles. The third kappa shape index (κ3) is 4.50. The summed E-state index contributed by atoms with van der Waals surface area (Å²) in [7, 11) is 0. The van der Waals surface area contributed by atoms with Crippen molar-refractivity contribution < 1.29 is 0 Å². The van der Waals surface area contributed by atoms with Gasteiger partial charge in [0.1, 0.15) is 0 Å². The Hall–Kier alpha value is -0.240. The largest absolute Gasteiger partial charge is 0.310 e. The lowest BCUT2D eigenvalue weighted by molar-refractivity contribution is 0.314. The Bertz CT molecular complexity index is 374. The van der Waals surface area contributed by atoms with E-state index in [4.69, 9.17) is 23.2 Å². The molecule has 96 valence electrons. The van der Waals surface area contributed by atoms with Crippen LogP contribution in [0.15, 0.2) is 18.2 Å². The first-order valence-electron chi connectivity index (χ1n) is 6.04. The minimum Gasteiger partial charge on any atom is -0.310 e. The second kappa shape index (κ2) is 6.08. The van der Waals surface area contributed by atoms with Gasteiger partial charge in [-0.25, -0.2) is 0 Å². The summed E-state index contributed by atoms with van der Waals surface area (Å²) < 4.78 is 0. The highest BCUT2D eigenvalue weighted by Crippen LogP contribution is 2.26. The summed E-state index contributed by atoms with van der Waals surface area (Å²) in [5.74, 6) is 0. The average Bonchev–Trinajstić information content (AvgIpc) is 2.30. The highest BCUT2D eigenvalue weighted by Gasteiger charge is 2.16. The molecular formula is C14H21Cl2N. The van der Waals surface area contributed by atoms with E-state index in [1.165, 1.54) is 5.56 Å². The van der Waals surface area contributed by atoms with Crippen LogP contribution in [0.4, 0.5) is 0 Å². The Morgan fingerprint density at radius 3 is 2.41 bits per heavy atom. The molecule has 0 aromatic heterocycles. The van der Waals surface area contributed by atoms with Crippen molar-refractivity contribution in [3.8, 4) is 0 Å². The third-order valence-corrected chi connectivity index (χ3v) is 4.03. The molecule has 0 fully saturated rings. The maximum absolute atomic E-state index is 6.02. The maximum atomic E-state index is 6.02. The molecule has 0 spiro atoms. The molecule has 1 unspecified atom stereocenters. The van der Waals surface area contributed by atoms with E-state index >= 15 is 0 Å². The predicted molar refractivity (Wildman–Crippen MR) is 77.0 cm³/mol. The Labute approximate surface area is 115 Å². The van der Waals surface area contributed by atoms with Gasteiger partial charge in [-0.05, 0) is 36.5 Å². The van der Waals surface area contributed by atoms with Gasteiger partial charge >= 0.3 is 0 Å². The number of benzene rings is 1. The number of nitrogens with one attached hydrogen (secondary N) is 1. The summed E-state index contributed by atoms with van der Waals surface area (Å²) in [6.07, 6.45) is 1.16. The number of hydrogen-bond donors (Lipinski definition) is 1. The van der Waals surface area contributed by atoms with Crippen LogP contribution in [0.1, 0.15) is 45.7 Å². The third-order valence-electron chi connectivity index (χ3n) is 3.29. The monoisotopic (exact) mass is 273 g/mol.